The van der Waals surface area contributed by atoms with Gasteiger partial charge in [0.1, 0.15) is 11.9 Å². The van der Waals surface area contributed by atoms with E-state index >= 15 is 0 Å². The molecule has 2 aromatic carbocycles. The fourth-order valence-electron chi connectivity index (χ4n) is 3.09. The molecule has 112 valence electrons. The highest BCUT2D eigenvalue weighted by molar-refractivity contribution is 5.89. The molecule has 0 amide bonds. The van der Waals surface area contributed by atoms with E-state index in [1.54, 1.807) is 6.92 Å². The van der Waals surface area contributed by atoms with E-state index in [-0.39, 0.29) is 6.10 Å². The summed E-state index contributed by atoms with van der Waals surface area (Å²) in [5.74, 6) is 0.717. The summed E-state index contributed by atoms with van der Waals surface area (Å²) in [7, 11) is 0. The number of aliphatic hydroxyl groups is 2. The Morgan fingerprint density at radius 1 is 1.10 bits per heavy atom. The average molecular weight is 286 g/mol. The van der Waals surface area contributed by atoms with Crippen LogP contribution in [-0.4, -0.2) is 22.4 Å². The van der Waals surface area contributed by atoms with Gasteiger partial charge in [-0.2, -0.15) is 0 Å². The van der Waals surface area contributed by atoms with Crippen LogP contribution in [0.2, 0.25) is 0 Å². The molecule has 1 fully saturated rings. The number of ether oxygens (including phenoxy) is 1. The van der Waals surface area contributed by atoms with Crippen molar-refractivity contribution < 1.29 is 14.9 Å². The van der Waals surface area contributed by atoms with Gasteiger partial charge in [-0.25, -0.2) is 0 Å². The molecule has 1 aliphatic carbocycles. The van der Waals surface area contributed by atoms with Gasteiger partial charge in [0, 0.05) is 10.9 Å². The van der Waals surface area contributed by atoms with Crippen molar-refractivity contribution in [2.24, 2.45) is 0 Å². The van der Waals surface area contributed by atoms with Gasteiger partial charge in [-0.05, 0) is 31.6 Å². The standard InChI is InChI=1S/C18H22O3/c1-12(19)14-11-10-13-6-2-3-7-15(13)18(14)21-17-9-5-4-8-16(17)20/h2-3,6-7,10-12,16-17,19-20H,4-5,8-9H2,1H3/t12-,16?,17?/m1/s1. The Kier molecular flexibility index (Phi) is 4.13. The first-order valence-electron chi connectivity index (χ1n) is 7.71. The lowest BCUT2D eigenvalue weighted by Gasteiger charge is -2.30. The van der Waals surface area contributed by atoms with Crippen LogP contribution in [0.5, 0.6) is 5.75 Å². The largest absolute Gasteiger partial charge is 0.487 e. The molecule has 2 aromatic rings. The molecular weight excluding hydrogens is 264 g/mol. The van der Waals surface area contributed by atoms with Crippen molar-refractivity contribution in [1.82, 2.24) is 0 Å². The molecule has 1 aliphatic rings. The van der Waals surface area contributed by atoms with E-state index in [1.807, 2.05) is 36.4 Å². The molecule has 0 radical (unpaired) electrons. The van der Waals surface area contributed by atoms with Gasteiger partial charge >= 0.3 is 0 Å². The van der Waals surface area contributed by atoms with Crippen LogP contribution in [0.25, 0.3) is 10.8 Å². The molecule has 1 saturated carbocycles. The molecule has 3 rings (SSSR count). The maximum absolute atomic E-state index is 10.1. The third-order valence-electron chi connectivity index (χ3n) is 4.30. The Hall–Kier alpha value is -1.58. The van der Waals surface area contributed by atoms with E-state index in [9.17, 15) is 10.2 Å². The van der Waals surface area contributed by atoms with E-state index < -0.39 is 12.2 Å². The topological polar surface area (TPSA) is 49.7 Å². The quantitative estimate of drug-likeness (QED) is 0.906. The molecule has 3 atom stereocenters. The van der Waals surface area contributed by atoms with E-state index in [0.29, 0.717) is 5.75 Å². The Morgan fingerprint density at radius 3 is 2.62 bits per heavy atom. The number of fused-ring (bicyclic) bond motifs is 1. The fraction of sp³-hybridized carbons (Fsp3) is 0.444. The van der Waals surface area contributed by atoms with Gasteiger partial charge < -0.3 is 14.9 Å². The van der Waals surface area contributed by atoms with Gasteiger partial charge in [0.25, 0.3) is 0 Å². The maximum atomic E-state index is 10.1. The first-order valence-corrected chi connectivity index (χ1v) is 7.71. The normalized spacial score (nSPS) is 24.0. The Bertz CT molecular complexity index is 621. The summed E-state index contributed by atoms with van der Waals surface area (Å²) in [5.41, 5.74) is 0.784. The molecule has 0 spiro atoms. The molecule has 0 saturated heterocycles. The van der Waals surface area contributed by atoms with Crippen LogP contribution >= 0.6 is 0 Å². The highest BCUT2D eigenvalue weighted by Crippen LogP contribution is 2.36. The minimum atomic E-state index is -0.592. The van der Waals surface area contributed by atoms with E-state index in [4.69, 9.17) is 4.74 Å². The van der Waals surface area contributed by atoms with Crippen LogP contribution in [0.4, 0.5) is 0 Å². The molecule has 0 bridgehead atoms. The molecule has 0 aromatic heterocycles. The summed E-state index contributed by atoms with van der Waals surface area (Å²) in [4.78, 5) is 0. The Labute approximate surface area is 125 Å². The van der Waals surface area contributed by atoms with Gasteiger partial charge in [-0.1, -0.05) is 42.8 Å². The van der Waals surface area contributed by atoms with Gasteiger partial charge in [-0.3, -0.25) is 0 Å². The lowest BCUT2D eigenvalue weighted by molar-refractivity contribution is 0.00614. The second kappa shape index (κ2) is 6.04. The lowest BCUT2D eigenvalue weighted by atomic mass is 9.94. The monoisotopic (exact) mass is 286 g/mol. The third kappa shape index (κ3) is 2.89. The smallest absolute Gasteiger partial charge is 0.133 e. The van der Waals surface area contributed by atoms with Crippen molar-refractivity contribution in [3.8, 4) is 5.75 Å². The van der Waals surface area contributed by atoms with E-state index in [1.165, 1.54) is 0 Å². The highest BCUT2D eigenvalue weighted by Gasteiger charge is 2.26. The van der Waals surface area contributed by atoms with E-state index in [0.717, 1.165) is 42.0 Å². The van der Waals surface area contributed by atoms with Crippen molar-refractivity contribution in [1.29, 1.82) is 0 Å². The molecule has 0 aliphatic heterocycles. The van der Waals surface area contributed by atoms with E-state index in [2.05, 4.69) is 0 Å². The number of hydrogen-bond donors (Lipinski definition) is 2. The number of rotatable bonds is 3. The van der Waals surface area contributed by atoms with Crippen molar-refractivity contribution in [3.63, 3.8) is 0 Å². The van der Waals surface area contributed by atoms with Crippen molar-refractivity contribution in [2.75, 3.05) is 0 Å². The van der Waals surface area contributed by atoms with Crippen molar-refractivity contribution in [3.05, 3.63) is 42.0 Å². The average Bonchev–Trinajstić information content (AvgIpc) is 2.49. The first kappa shape index (κ1) is 14.4. The molecule has 0 heterocycles. The minimum absolute atomic E-state index is 0.179. The summed E-state index contributed by atoms with van der Waals surface area (Å²) in [6.45, 7) is 1.74. The number of aliphatic hydroxyl groups excluding tert-OH is 2. The SMILES string of the molecule is C[C@@H](O)c1ccc2ccccc2c1OC1CCCCC1O. The molecule has 3 nitrogen and oxygen atoms in total. The van der Waals surface area contributed by atoms with Gasteiger partial charge in [0.05, 0.1) is 12.2 Å². The number of hydrogen-bond acceptors (Lipinski definition) is 3. The van der Waals surface area contributed by atoms with Gasteiger partial charge in [0.15, 0.2) is 0 Å². The van der Waals surface area contributed by atoms with Crippen molar-refractivity contribution >= 4 is 10.8 Å². The molecule has 2 unspecified atom stereocenters. The summed E-state index contributed by atoms with van der Waals surface area (Å²) in [6, 6.07) is 11.9. The summed E-state index contributed by atoms with van der Waals surface area (Å²) < 4.78 is 6.16. The van der Waals surface area contributed by atoms with Crippen molar-refractivity contribution in [2.45, 2.75) is 50.9 Å². The first-order chi connectivity index (χ1) is 10.2. The van der Waals surface area contributed by atoms with Crippen LogP contribution in [0, 0.1) is 0 Å². The minimum Gasteiger partial charge on any atom is -0.487 e. The predicted octanol–water partition coefficient (Wildman–Crippen LogP) is 3.58. The predicted molar refractivity (Wildman–Crippen MR) is 83.5 cm³/mol. The Balaban J connectivity index is 2.03. The van der Waals surface area contributed by atoms with Crippen LogP contribution in [0.3, 0.4) is 0 Å². The molecule has 3 heteroatoms. The zero-order valence-electron chi connectivity index (χ0n) is 12.3. The molecule has 2 N–H and O–H groups in total. The second-order valence-corrected chi connectivity index (χ2v) is 5.89. The highest BCUT2D eigenvalue weighted by atomic mass is 16.5. The van der Waals surface area contributed by atoms with Crippen LogP contribution in [0.15, 0.2) is 36.4 Å². The lowest BCUT2D eigenvalue weighted by Crippen LogP contribution is -2.35. The van der Waals surface area contributed by atoms with Crippen LogP contribution in [0.1, 0.15) is 44.3 Å². The third-order valence-corrected chi connectivity index (χ3v) is 4.30. The number of benzene rings is 2. The summed E-state index contributed by atoms with van der Waals surface area (Å²) in [5, 5.41) is 22.2. The summed E-state index contributed by atoms with van der Waals surface area (Å²) in [6.07, 6.45) is 2.60. The van der Waals surface area contributed by atoms with Crippen LogP contribution < -0.4 is 4.74 Å². The second-order valence-electron chi connectivity index (χ2n) is 5.89. The molecule has 21 heavy (non-hydrogen) atoms. The molecular formula is C18H22O3. The Morgan fingerprint density at radius 2 is 1.86 bits per heavy atom. The fourth-order valence-corrected chi connectivity index (χ4v) is 3.09. The zero-order valence-corrected chi connectivity index (χ0v) is 12.3. The van der Waals surface area contributed by atoms with Crippen LogP contribution in [-0.2, 0) is 0 Å². The van der Waals surface area contributed by atoms with Gasteiger partial charge in [-0.15, -0.1) is 0 Å². The van der Waals surface area contributed by atoms with Gasteiger partial charge in [0.2, 0.25) is 0 Å². The maximum Gasteiger partial charge on any atom is 0.133 e. The summed E-state index contributed by atoms with van der Waals surface area (Å²) >= 11 is 0. The zero-order chi connectivity index (χ0) is 14.8.